The lowest BCUT2D eigenvalue weighted by Crippen LogP contribution is -2.43. The minimum atomic E-state index is -1.55. The molecule has 0 amide bonds. The van der Waals surface area contributed by atoms with Gasteiger partial charge in [-0.3, -0.25) is 14.3 Å². The fourth-order valence-electron chi connectivity index (χ4n) is 2.35. The molecular weight excluding hydrogens is 264 g/mol. The molecule has 1 aliphatic rings. The van der Waals surface area contributed by atoms with Crippen LogP contribution in [0.5, 0.6) is 0 Å². The summed E-state index contributed by atoms with van der Waals surface area (Å²) in [5, 5.41) is 19.5. The van der Waals surface area contributed by atoms with Gasteiger partial charge in [0, 0.05) is 17.7 Å². The maximum Gasteiger partial charge on any atom is 0.330 e. The Bertz CT molecular complexity index is 671. The quantitative estimate of drug-likeness (QED) is 0.586. The highest BCUT2D eigenvalue weighted by molar-refractivity contribution is 5.17. The SMILES string of the molecule is C#CC1(CO)OC(n2cc(C)c(=O)[nH]c2=O)C(C)C1O. The van der Waals surface area contributed by atoms with E-state index in [0.717, 1.165) is 0 Å². The highest BCUT2D eigenvalue weighted by Crippen LogP contribution is 2.40. The van der Waals surface area contributed by atoms with Crippen LogP contribution in [0.4, 0.5) is 0 Å². The summed E-state index contributed by atoms with van der Waals surface area (Å²) in [5.41, 5.74) is -2.36. The number of aryl methyl sites for hydroxylation is 1. The van der Waals surface area contributed by atoms with Crippen LogP contribution in [-0.4, -0.2) is 38.1 Å². The van der Waals surface area contributed by atoms with E-state index in [0.29, 0.717) is 5.56 Å². The van der Waals surface area contributed by atoms with Gasteiger partial charge >= 0.3 is 5.69 Å². The van der Waals surface area contributed by atoms with Gasteiger partial charge in [0.05, 0.1) is 6.61 Å². The molecule has 7 heteroatoms. The second-order valence-electron chi connectivity index (χ2n) is 4.98. The number of aliphatic hydroxyl groups is 2. The van der Waals surface area contributed by atoms with E-state index >= 15 is 0 Å². The van der Waals surface area contributed by atoms with E-state index in [-0.39, 0.29) is 0 Å². The molecule has 20 heavy (non-hydrogen) atoms. The van der Waals surface area contributed by atoms with Crippen molar-refractivity contribution >= 4 is 0 Å². The summed E-state index contributed by atoms with van der Waals surface area (Å²) < 4.78 is 6.70. The molecule has 0 aliphatic carbocycles. The molecule has 0 bridgehead atoms. The Hall–Kier alpha value is -1.88. The third kappa shape index (κ3) is 1.98. The predicted molar refractivity (Wildman–Crippen MR) is 70.0 cm³/mol. The van der Waals surface area contributed by atoms with Crippen LogP contribution in [0.1, 0.15) is 18.7 Å². The number of aliphatic hydroxyl groups excluding tert-OH is 2. The lowest BCUT2D eigenvalue weighted by molar-refractivity contribution is -0.0919. The molecule has 0 aromatic carbocycles. The first-order chi connectivity index (χ1) is 9.36. The molecule has 4 atom stereocenters. The van der Waals surface area contributed by atoms with E-state index < -0.39 is 41.7 Å². The molecule has 0 spiro atoms. The van der Waals surface area contributed by atoms with Crippen molar-refractivity contribution in [2.75, 3.05) is 6.61 Å². The monoisotopic (exact) mass is 280 g/mol. The van der Waals surface area contributed by atoms with E-state index in [9.17, 15) is 19.8 Å². The number of nitrogens with one attached hydrogen (secondary N) is 1. The summed E-state index contributed by atoms with van der Waals surface area (Å²) in [6.45, 7) is 2.63. The van der Waals surface area contributed by atoms with E-state index in [2.05, 4.69) is 10.9 Å². The Morgan fingerprint density at radius 1 is 1.60 bits per heavy atom. The van der Waals surface area contributed by atoms with Crippen LogP contribution in [0.2, 0.25) is 0 Å². The van der Waals surface area contributed by atoms with Crippen molar-refractivity contribution in [3.8, 4) is 12.3 Å². The fraction of sp³-hybridized carbons (Fsp3) is 0.538. The molecule has 1 aromatic heterocycles. The van der Waals surface area contributed by atoms with Crippen molar-refractivity contribution in [2.45, 2.75) is 31.8 Å². The molecule has 4 unspecified atom stereocenters. The topological polar surface area (TPSA) is 105 Å². The van der Waals surface area contributed by atoms with Gasteiger partial charge in [0.2, 0.25) is 0 Å². The predicted octanol–water partition coefficient (Wildman–Crippen LogP) is -1.26. The molecule has 2 heterocycles. The normalized spacial score (nSPS) is 33.0. The zero-order valence-corrected chi connectivity index (χ0v) is 11.2. The van der Waals surface area contributed by atoms with Crippen molar-refractivity contribution < 1.29 is 14.9 Å². The van der Waals surface area contributed by atoms with E-state index in [4.69, 9.17) is 11.2 Å². The smallest absolute Gasteiger partial charge is 0.330 e. The Labute approximate surface area is 114 Å². The number of H-pyrrole nitrogens is 1. The van der Waals surface area contributed by atoms with Crippen molar-refractivity contribution in [1.82, 2.24) is 9.55 Å². The molecule has 1 aromatic rings. The van der Waals surface area contributed by atoms with Gasteiger partial charge in [-0.25, -0.2) is 4.79 Å². The number of nitrogens with zero attached hydrogens (tertiary/aromatic N) is 1. The molecule has 0 radical (unpaired) electrons. The number of ether oxygens (including phenoxy) is 1. The van der Waals surface area contributed by atoms with Crippen LogP contribution >= 0.6 is 0 Å². The van der Waals surface area contributed by atoms with Gasteiger partial charge in [-0.15, -0.1) is 6.42 Å². The number of rotatable bonds is 2. The largest absolute Gasteiger partial charge is 0.392 e. The van der Waals surface area contributed by atoms with Crippen LogP contribution in [0.25, 0.3) is 0 Å². The van der Waals surface area contributed by atoms with E-state index in [1.54, 1.807) is 13.8 Å². The Morgan fingerprint density at radius 3 is 2.75 bits per heavy atom. The summed E-state index contributed by atoms with van der Waals surface area (Å²) in [4.78, 5) is 25.4. The van der Waals surface area contributed by atoms with Crippen molar-refractivity contribution in [1.29, 1.82) is 0 Å². The van der Waals surface area contributed by atoms with Crippen LogP contribution < -0.4 is 11.2 Å². The Kier molecular flexibility index (Phi) is 3.56. The zero-order valence-electron chi connectivity index (χ0n) is 11.2. The third-order valence-electron chi connectivity index (χ3n) is 3.66. The average Bonchev–Trinajstić information content (AvgIpc) is 2.68. The fourth-order valence-corrected chi connectivity index (χ4v) is 2.35. The highest BCUT2D eigenvalue weighted by Gasteiger charge is 2.52. The van der Waals surface area contributed by atoms with Gasteiger partial charge in [0.1, 0.15) is 12.3 Å². The molecule has 3 N–H and O–H groups in total. The first-order valence-corrected chi connectivity index (χ1v) is 6.13. The van der Waals surface area contributed by atoms with Crippen LogP contribution in [0.3, 0.4) is 0 Å². The molecule has 108 valence electrons. The minimum absolute atomic E-state index is 0.331. The first kappa shape index (κ1) is 14.5. The van der Waals surface area contributed by atoms with Crippen molar-refractivity contribution in [3.05, 3.63) is 32.6 Å². The summed E-state index contributed by atoms with van der Waals surface area (Å²) in [6, 6.07) is 0. The van der Waals surface area contributed by atoms with Crippen molar-refractivity contribution in [2.24, 2.45) is 5.92 Å². The summed E-state index contributed by atoms with van der Waals surface area (Å²) >= 11 is 0. The lowest BCUT2D eigenvalue weighted by atomic mass is 9.92. The van der Waals surface area contributed by atoms with Crippen LogP contribution in [-0.2, 0) is 4.74 Å². The molecular formula is C13H16N2O5. The first-order valence-electron chi connectivity index (χ1n) is 6.13. The Morgan fingerprint density at radius 2 is 2.25 bits per heavy atom. The average molecular weight is 280 g/mol. The van der Waals surface area contributed by atoms with Gasteiger partial charge in [0.15, 0.2) is 5.60 Å². The standard InChI is InChI=1S/C13H16N2O5/c1-4-13(6-16)9(17)8(3)11(20-13)15-5-7(2)10(18)14-12(15)19/h1,5,8-9,11,16-17H,6H2,2-3H3,(H,14,18,19). The highest BCUT2D eigenvalue weighted by atomic mass is 16.6. The number of hydrogen-bond acceptors (Lipinski definition) is 5. The van der Waals surface area contributed by atoms with E-state index in [1.165, 1.54) is 10.8 Å². The summed E-state index contributed by atoms with van der Waals surface area (Å²) in [6.07, 6.45) is 4.68. The maximum absolute atomic E-state index is 11.9. The van der Waals surface area contributed by atoms with Gasteiger partial charge in [0.25, 0.3) is 5.56 Å². The number of aromatic amines is 1. The van der Waals surface area contributed by atoms with Gasteiger partial charge in [-0.2, -0.15) is 0 Å². The minimum Gasteiger partial charge on any atom is -0.392 e. The third-order valence-corrected chi connectivity index (χ3v) is 3.66. The molecule has 1 saturated heterocycles. The summed E-state index contributed by atoms with van der Waals surface area (Å²) in [7, 11) is 0. The zero-order chi connectivity index (χ0) is 15.1. The second-order valence-corrected chi connectivity index (χ2v) is 4.98. The van der Waals surface area contributed by atoms with E-state index in [1.807, 2.05) is 0 Å². The van der Waals surface area contributed by atoms with Crippen LogP contribution in [0, 0.1) is 25.2 Å². The number of aromatic nitrogens is 2. The molecule has 0 saturated carbocycles. The van der Waals surface area contributed by atoms with Crippen molar-refractivity contribution in [3.63, 3.8) is 0 Å². The van der Waals surface area contributed by atoms with Gasteiger partial charge in [-0.05, 0) is 6.92 Å². The van der Waals surface area contributed by atoms with Gasteiger partial charge in [-0.1, -0.05) is 12.8 Å². The molecule has 1 aliphatic heterocycles. The van der Waals surface area contributed by atoms with Crippen LogP contribution in [0.15, 0.2) is 15.8 Å². The lowest BCUT2D eigenvalue weighted by Gasteiger charge is -2.23. The maximum atomic E-state index is 11.9. The Balaban J connectivity index is 2.51. The molecule has 7 nitrogen and oxygen atoms in total. The summed E-state index contributed by atoms with van der Waals surface area (Å²) in [5.74, 6) is 1.72. The molecule has 1 fully saturated rings. The van der Waals surface area contributed by atoms with Gasteiger partial charge < -0.3 is 14.9 Å². The second kappa shape index (κ2) is 4.90. The molecule has 2 rings (SSSR count). The number of hydrogen-bond donors (Lipinski definition) is 3. The number of terminal acetylenes is 1.